The van der Waals surface area contributed by atoms with Crippen molar-refractivity contribution in [3.8, 4) is 0 Å². The van der Waals surface area contributed by atoms with E-state index in [1.165, 1.54) is 18.2 Å². The first-order valence-electron chi connectivity index (χ1n) is 10.0. The maximum atomic E-state index is 13.0. The molecular formula is C20H26Cl2N2O3S. The lowest BCUT2D eigenvalue weighted by atomic mass is 9.63. The van der Waals surface area contributed by atoms with E-state index in [4.69, 9.17) is 23.2 Å². The van der Waals surface area contributed by atoms with Crippen molar-refractivity contribution in [2.45, 2.75) is 68.3 Å². The highest BCUT2D eigenvalue weighted by molar-refractivity contribution is 7.89. The number of hydrogen-bond acceptors (Lipinski definition) is 3. The van der Waals surface area contributed by atoms with E-state index in [0.29, 0.717) is 22.4 Å². The number of nitrogens with one attached hydrogen (secondary N) is 1. The molecule has 2 saturated heterocycles. The van der Waals surface area contributed by atoms with Crippen LogP contribution in [0.3, 0.4) is 0 Å². The Morgan fingerprint density at radius 1 is 1.11 bits per heavy atom. The molecule has 1 spiro atoms. The summed E-state index contributed by atoms with van der Waals surface area (Å²) in [5.74, 6) is 0.760. The third-order valence-electron chi connectivity index (χ3n) is 7.04. The second kappa shape index (κ2) is 7.46. The summed E-state index contributed by atoms with van der Waals surface area (Å²) in [6, 6.07) is 4.21. The fraction of sp³-hybridized carbons (Fsp3) is 0.650. The third-order valence-corrected chi connectivity index (χ3v) is 8.94. The molecule has 2 aliphatic heterocycles. The highest BCUT2D eigenvalue weighted by Crippen LogP contribution is 2.51. The largest absolute Gasteiger partial charge is 0.337 e. The van der Waals surface area contributed by atoms with Crippen LogP contribution in [0.15, 0.2) is 23.1 Å². The van der Waals surface area contributed by atoms with Crippen molar-refractivity contribution < 1.29 is 13.2 Å². The topological polar surface area (TPSA) is 66.5 Å². The minimum atomic E-state index is -3.72. The molecule has 28 heavy (non-hydrogen) atoms. The van der Waals surface area contributed by atoms with Gasteiger partial charge in [0.15, 0.2) is 0 Å². The van der Waals surface area contributed by atoms with E-state index >= 15 is 0 Å². The van der Waals surface area contributed by atoms with Gasteiger partial charge in [-0.3, -0.25) is 4.79 Å². The van der Waals surface area contributed by atoms with E-state index in [1.54, 1.807) is 0 Å². The second-order valence-corrected chi connectivity index (χ2v) is 11.1. The summed E-state index contributed by atoms with van der Waals surface area (Å²) in [4.78, 5) is 14.8. The van der Waals surface area contributed by atoms with Gasteiger partial charge in [-0.1, -0.05) is 30.1 Å². The smallest absolute Gasteiger partial charge is 0.240 e. The predicted octanol–water partition coefficient (Wildman–Crippen LogP) is 4.23. The molecule has 4 rings (SSSR count). The van der Waals surface area contributed by atoms with Crippen LogP contribution in [0, 0.1) is 11.8 Å². The molecule has 4 atom stereocenters. The van der Waals surface area contributed by atoms with Crippen LogP contribution in [0.4, 0.5) is 0 Å². The van der Waals surface area contributed by atoms with Gasteiger partial charge >= 0.3 is 0 Å². The molecule has 5 nitrogen and oxygen atoms in total. The maximum Gasteiger partial charge on any atom is 0.240 e. The first kappa shape index (κ1) is 20.5. The third kappa shape index (κ3) is 3.47. The maximum absolute atomic E-state index is 13.0. The molecule has 0 aromatic heterocycles. The fourth-order valence-corrected chi connectivity index (χ4v) is 7.89. The zero-order chi connectivity index (χ0) is 20.1. The number of amides is 1. The lowest BCUT2D eigenvalue weighted by Crippen LogP contribution is -2.59. The first-order chi connectivity index (χ1) is 13.2. The summed E-state index contributed by atoms with van der Waals surface area (Å²) in [5.41, 5.74) is -0.0751. The molecule has 3 fully saturated rings. The first-order valence-corrected chi connectivity index (χ1v) is 12.3. The fourth-order valence-electron chi connectivity index (χ4n) is 5.80. The van der Waals surface area contributed by atoms with Gasteiger partial charge in [-0.05, 0) is 68.6 Å². The summed E-state index contributed by atoms with van der Waals surface area (Å²) in [6.07, 6.45) is 6.15. The molecule has 8 heteroatoms. The molecule has 0 radical (unpaired) electrons. The predicted molar refractivity (Wildman–Crippen MR) is 110 cm³/mol. The number of carbonyl (C=O) groups is 1. The van der Waals surface area contributed by atoms with Gasteiger partial charge in [0.25, 0.3) is 0 Å². The van der Waals surface area contributed by atoms with Crippen LogP contribution in [0.2, 0.25) is 10.0 Å². The lowest BCUT2D eigenvalue weighted by Gasteiger charge is -2.52. The van der Waals surface area contributed by atoms with Crippen molar-refractivity contribution in [1.29, 1.82) is 0 Å². The Bertz CT molecular complexity index is 871. The average molecular weight is 445 g/mol. The quantitative estimate of drug-likeness (QED) is 0.757. The van der Waals surface area contributed by atoms with Crippen LogP contribution in [-0.2, 0) is 14.8 Å². The SMILES string of the molecule is C[C@H]1[C@@H](NS(=O)(=O)c2cc(Cl)cc(Cl)c2)CC[C@@]23CCCN2C(=O)CCC[C@@H]13. The van der Waals surface area contributed by atoms with Gasteiger partial charge in [0, 0.05) is 34.6 Å². The minimum absolute atomic E-state index is 0.0751. The van der Waals surface area contributed by atoms with Crippen LogP contribution < -0.4 is 4.72 Å². The molecule has 1 amide bonds. The van der Waals surface area contributed by atoms with Gasteiger partial charge in [0.2, 0.25) is 15.9 Å². The molecule has 1 aromatic rings. The normalized spacial score (nSPS) is 33.3. The number of sulfonamides is 1. The number of nitrogens with zero attached hydrogens (tertiary/aromatic N) is 1. The summed E-state index contributed by atoms with van der Waals surface area (Å²) in [5, 5.41) is 0.597. The van der Waals surface area contributed by atoms with Gasteiger partial charge in [0.05, 0.1) is 4.90 Å². The van der Waals surface area contributed by atoms with Gasteiger partial charge in [0.1, 0.15) is 0 Å². The zero-order valence-electron chi connectivity index (χ0n) is 16.0. The highest BCUT2D eigenvalue weighted by Gasteiger charge is 2.55. The molecule has 3 aliphatic rings. The Balaban J connectivity index is 1.59. The van der Waals surface area contributed by atoms with Crippen molar-refractivity contribution in [3.63, 3.8) is 0 Å². The average Bonchev–Trinajstić information content (AvgIpc) is 2.98. The molecule has 1 N–H and O–H groups in total. The van der Waals surface area contributed by atoms with Crippen molar-refractivity contribution in [2.24, 2.45) is 11.8 Å². The van der Waals surface area contributed by atoms with Gasteiger partial charge < -0.3 is 4.90 Å². The van der Waals surface area contributed by atoms with Crippen LogP contribution in [-0.4, -0.2) is 37.4 Å². The Labute approximate surface area is 176 Å². The van der Waals surface area contributed by atoms with E-state index in [2.05, 4.69) is 16.5 Å². The molecule has 154 valence electrons. The number of halogens is 2. The van der Waals surface area contributed by atoms with Gasteiger partial charge in [-0.15, -0.1) is 0 Å². The van der Waals surface area contributed by atoms with E-state index in [0.717, 1.165) is 45.1 Å². The number of rotatable bonds is 3. The summed E-state index contributed by atoms with van der Waals surface area (Å²) in [6.45, 7) is 2.98. The Kier molecular flexibility index (Phi) is 5.45. The number of carbonyl (C=O) groups excluding carboxylic acids is 1. The van der Waals surface area contributed by atoms with Crippen molar-refractivity contribution in [2.75, 3.05) is 6.54 Å². The number of benzene rings is 1. The van der Waals surface area contributed by atoms with E-state index in [1.807, 2.05) is 0 Å². The Hall–Kier alpha value is -0.820. The molecule has 2 heterocycles. The molecule has 1 aliphatic carbocycles. The Morgan fingerprint density at radius 3 is 2.54 bits per heavy atom. The molecule has 0 bridgehead atoms. The monoisotopic (exact) mass is 444 g/mol. The lowest BCUT2D eigenvalue weighted by molar-refractivity contribution is -0.138. The van der Waals surface area contributed by atoms with E-state index < -0.39 is 10.0 Å². The van der Waals surface area contributed by atoms with E-state index in [-0.39, 0.29) is 28.3 Å². The van der Waals surface area contributed by atoms with Crippen molar-refractivity contribution >= 4 is 39.1 Å². The summed E-state index contributed by atoms with van der Waals surface area (Å²) < 4.78 is 28.8. The molecule has 0 unspecified atom stereocenters. The summed E-state index contributed by atoms with van der Waals surface area (Å²) in [7, 11) is -3.72. The molecular weight excluding hydrogens is 419 g/mol. The molecule has 1 aromatic carbocycles. The highest BCUT2D eigenvalue weighted by atomic mass is 35.5. The van der Waals surface area contributed by atoms with Crippen LogP contribution in [0.5, 0.6) is 0 Å². The summed E-state index contributed by atoms with van der Waals surface area (Å²) >= 11 is 12.0. The zero-order valence-corrected chi connectivity index (χ0v) is 18.3. The second-order valence-electron chi connectivity index (χ2n) is 8.48. The van der Waals surface area contributed by atoms with Crippen LogP contribution >= 0.6 is 23.2 Å². The van der Waals surface area contributed by atoms with Gasteiger partial charge in [-0.25, -0.2) is 13.1 Å². The van der Waals surface area contributed by atoms with Gasteiger partial charge in [-0.2, -0.15) is 0 Å². The van der Waals surface area contributed by atoms with Crippen molar-refractivity contribution in [1.82, 2.24) is 9.62 Å². The van der Waals surface area contributed by atoms with Crippen molar-refractivity contribution in [3.05, 3.63) is 28.2 Å². The minimum Gasteiger partial charge on any atom is -0.337 e. The van der Waals surface area contributed by atoms with Crippen LogP contribution in [0.25, 0.3) is 0 Å². The Morgan fingerprint density at radius 2 is 1.82 bits per heavy atom. The molecule has 1 saturated carbocycles. The standard InChI is InChI=1S/C20H26Cl2N2O3S/c1-13-17-4-2-5-19(25)24-9-3-7-20(17,24)8-6-18(13)23-28(26,27)16-11-14(21)10-15(22)12-16/h10-13,17-18,23H,2-9H2,1H3/t13-,17+,18+,20-/m1/s1. The van der Waals surface area contributed by atoms with Crippen LogP contribution in [0.1, 0.15) is 51.9 Å². The van der Waals surface area contributed by atoms with E-state index in [9.17, 15) is 13.2 Å². The number of hydrogen-bond donors (Lipinski definition) is 1.